The Morgan fingerprint density at radius 2 is 1.34 bits per heavy atom. The highest BCUT2D eigenvalue weighted by Crippen LogP contribution is 2.46. The van der Waals surface area contributed by atoms with Crippen LogP contribution in [0, 0.1) is 41.2 Å². The first-order valence-electron chi connectivity index (χ1n) is 14.4. The van der Waals surface area contributed by atoms with Crippen molar-refractivity contribution in [2.24, 2.45) is 29.6 Å². The zero-order valence-electron chi connectivity index (χ0n) is 21.8. The van der Waals surface area contributed by atoms with Crippen molar-refractivity contribution < 1.29 is 18.3 Å². The molecule has 196 valence electrons. The van der Waals surface area contributed by atoms with Gasteiger partial charge in [0.2, 0.25) is 5.82 Å². The molecule has 1 aromatic carbocycles. The van der Waals surface area contributed by atoms with Crippen molar-refractivity contribution in [3.05, 3.63) is 42.0 Å². The second-order valence-electron chi connectivity index (χ2n) is 11.5. The lowest BCUT2D eigenvalue weighted by Gasteiger charge is -2.41. The molecule has 3 fully saturated rings. The van der Waals surface area contributed by atoms with Gasteiger partial charge in [-0.3, -0.25) is 0 Å². The van der Waals surface area contributed by atoms with Crippen LogP contribution in [0.15, 0.2) is 24.8 Å². The molecular weight excluding hydrogens is 442 g/mol. The van der Waals surface area contributed by atoms with Gasteiger partial charge in [-0.25, -0.2) is 4.39 Å². The van der Waals surface area contributed by atoms with Gasteiger partial charge in [-0.15, -0.1) is 6.58 Å². The fourth-order valence-electron chi connectivity index (χ4n) is 7.27. The fraction of sp³-hybridized carbons (Fsp3) is 0.742. The molecule has 0 unspecified atom stereocenters. The lowest BCUT2D eigenvalue weighted by atomic mass is 9.65. The van der Waals surface area contributed by atoms with Crippen molar-refractivity contribution in [3.63, 3.8) is 0 Å². The molecule has 35 heavy (non-hydrogen) atoms. The first-order chi connectivity index (χ1) is 17.1. The predicted octanol–water partition coefficient (Wildman–Crippen LogP) is 9.02. The van der Waals surface area contributed by atoms with Gasteiger partial charge in [-0.05, 0) is 126 Å². The van der Waals surface area contributed by atoms with Crippen LogP contribution in [-0.4, -0.2) is 12.7 Å². The summed E-state index contributed by atoms with van der Waals surface area (Å²) in [5.74, 6) is 2.82. The quantitative estimate of drug-likeness (QED) is 0.306. The molecule has 0 atom stereocenters. The molecule has 0 aliphatic heterocycles. The van der Waals surface area contributed by atoms with Crippen LogP contribution in [0.2, 0.25) is 0 Å². The summed E-state index contributed by atoms with van der Waals surface area (Å²) in [6, 6.07) is 3.09. The third-order valence-electron chi connectivity index (χ3n) is 9.44. The monoisotopic (exact) mass is 488 g/mol. The molecule has 3 aliphatic carbocycles. The topological polar surface area (TPSA) is 18.5 Å². The molecule has 4 heteroatoms. The summed E-state index contributed by atoms with van der Waals surface area (Å²) in [4.78, 5) is 0. The number of benzene rings is 1. The van der Waals surface area contributed by atoms with Gasteiger partial charge in [-0.2, -0.15) is 4.39 Å². The summed E-state index contributed by atoms with van der Waals surface area (Å²) < 4.78 is 39.6. The Labute approximate surface area is 211 Å². The molecule has 0 heterocycles. The van der Waals surface area contributed by atoms with Gasteiger partial charge in [0.25, 0.3) is 0 Å². The minimum absolute atomic E-state index is 0.0276. The summed E-state index contributed by atoms with van der Waals surface area (Å²) in [7, 11) is 0. The van der Waals surface area contributed by atoms with E-state index in [-0.39, 0.29) is 24.0 Å². The smallest absolute Gasteiger partial charge is 0.200 e. The van der Waals surface area contributed by atoms with E-state index < -0.39 is 11.6 Å². The molecule has 0 amide bonds. The molecule has 0 radical (unpaired) electrons. The van der Waals surface area contributed by atoms with Gasteiger partial charge in [-0.1, -0.05) is 18.9 Å². The molecule has 2 nitrogen and oxygen atoms in total. The van der Waals surface area contributed by atoms with Crippen molar-refractivity contribution in [1.82, 2.24) is 0 Å². The van der Waals surface area contributed by atoms with Crippen LogP contribution < -0.4 is 4.74 Å². The summed E-state index contributed by atoms with van der Waals surface area (Å²) >= 11 is 0. The Balaban J connectivity index is 1.15. The molecular formula is C31H46F2O2. The van der Waals surface area contributed by atoms with E-state index in [4.69, 9.17) is 9.47 Å². The van der Waals surface area contributed by atoms with Gasteiger partial charge in [0.15, 0.2) is 11.6 Å². The third kappa shape index (κ3) is 7.08. The second-order valence-corrected chi connectivity index (χ2v) is 11.5. The number of halogens is 2. The second kappa shape index (κ2) is 13.2. The molecule has 3 aliphatic rings. The van der Waals surface area contributed by atoms with Crippen LogP contribution in [0.25, 0.3) is 0 Å². The molecule has 1 aromatic rings. The Bertz CT molecular complexity index is 785. The SMILES string of the molecule is C=CCCC1CCC(C2CCC(C3CCC(OCc4ccc(OCC)c(F)c4F)CC3)CC2)CC1. The van der Waals surface area contributed by atoms with Crippen LogP contribution in [0.4, 0.5) is 8.78 Å². The minimum atomic E-state index is -0.909. The Morgan fingerprint density at radius 3 is 1.89 bits per heavy atom. The van der Waals surface area contributed by atoms with Crippen molar-refractivity contribution in [3.8, 4) is 5.75 Å². The number of allylic oxidation sites excluding steroid dienone is 1. The van der Waals surface area contributed by atoms with E-state index >= 15 is 0 Å². The lowest BCUT2D eigenvalue weighted by Crippen LogP contribution is -2.31. The summed E-state index contributed by atoms with van der Waals surface area (Å²) in [6.45, 7) is 6.08. The largest absolute Gasteiger partial charge is 0.491 e. The van der Waals surface area contributed by atoms with Gasteiger partial charge >= 0.3 is 0 Å². The molecule has 0 bridgehead atoms. The molecule has 0 spiro atoms. The predicted molar refractivity (Wildman–Crippen MR) is 138 cm³/mol. The number of rotatable bonds is 10. The molecule has 3 saturated carbocycles. The lowest BCUT2D eigenvalue weighted by molar-refractivity contribution is -0.00527. The molecule has 0 saturated heterocycles. The highest BCUT2D eigenvalue weighted by atomic mass is 19.2. The van der Waals surface area contributed by atoms with Gasteiger partial charge < -0.3 is 9.47 Å². The van der Waals surface area contributed by atoms with E-state index in [1.807, 2.05) is 0 Å². The van der Waals surface area contributed by atoms with E-state index in [0.717, 1.165) is 42.4 Å². The average molecular weight is 489 g/mol. The maximum atomic E-state index is 14.3. The normalized spacial score (nSPS) is 31.7. The number of hydrogen-bond acceptors (Lipinski definition) is 2. The zero-order chi connectivity index (χ0) is 24.6. The van der Waals surface area contributed by atoms with Gasteiger partial charge in [0.1, 0.15) is 0 Å². The van der Waals surface area contributed by atoms with Crippen molar-refractivity contribution >= 4 is 0 Å². The first-order valence-corrected chi connectivity index (χ1v) is 14.4. The van der Waals surface area contributed by atoms with Crippen LogP contribution in [-0.2, 0) is 11.3 Å². The highest BCUT2D eigenvalue weighted by molar-refractivity contribution is 5.30. The summed E-state index contributed by atoms with van der Waals surface area (Å²) in [6.07, 6.45) is 20.8. The standard InChI is InChI=1S/C31H46F2O2/c1-3-5-6-22-7-9-23(10-8-22)24-11-13-25(14-12-24)26-15-18-28(19-16-26)35-21-27-17-20-29(34-4-2)31(33)30(27)32/h3,17,20,22-26,28H,1,4-16,18-19,21H2,2H3. The Morgan fingerprint density at radius 1 is 0.800 bits per heavy atom. The van der Waals surface area contributed by atoms with E-state index in [1.54, 1.807) is 13.0 Å². The maximum Gasteiger partial charge on any atom is 0.200 e. The first kappa shape index (κ1) is 26.6. The average Bonchev–Trinajstić information content (AvgIpc) is 2.90. The highest BCUT2D eigenvalue weighted by Gasteiger charge is 2.34. The zero-order valence-corrected chi connectivity index (χ0v) is 21.8. The number of ether oxygens (including phenoxy) is 2. The van der Waals surface area contributed by atoms with Crippen LogP contribution in [0.1, 0.15) is 102 Å². The van der Waals surface area contributed by atoms with E-state index in [1.165, 1.54) is 83.1 Å². The van der Waals surface area contributed by atoms with Crippen molar-refractivity contribution in [2.75, 3.05) is 6.61 Å². The van der Waals surface area contributed by atoms with Gasteiger partial charge in [0.05, 0.1) is 19.3 Å². The Kier molecular flexibility index (Phi) is 10.1. The summed E-state index contributed by atoms with van der Waals surface area (Å²) in [5, 5.41) is 0. The summed E-state index contributed by atoms with van der Waals surface area (Å²) in [5.41, 5.74) is 0.279. The number of hydrogen-bond donors (Lipinski definition) is 0. The van der Waals surface area contributed by atoms with Crippen LogP contribution in [0.5, 0.6) is 5.75 Å². The molecule has 0 N–H and O–H groups in total. The maximum absolute atomic E-state index is 14.3. The van der Waals surface area contributed by atoms with E-state index in [9.17, 15) is 8.78 Å². The minimum Gasteiger partial charge on any atom is -0.491 e. The van der Waals surface area contributed by atoms with Crippen molar-refractivity contribution in [1.29, 1.82) is 0 Å². The van der Waals surface area contributed by atoms with E-state index in [2.05, 4.69) is 12.7 Å². The third-order valence-corrected chi connectivity index (χ3v) is 9.44. The molecule has 0 aromatic heterocycles. The van der Waals surface area contributed by atoms with Gasteiger partial charge in [0, 0.05) is 5.56 Å². The van der Waals surface area contributed by atoms with Crippen molar-refractivity contribution in [2.45, 2.75) is 110 Å². The van der Waals surface area contributed by atoms with E-state index in [0.29, 0.717) is 6.61 Å². The Hall–Kier alpha value is -1.42. The molecule has 4 rings (SSSR count). The van der Waals surface area contributed by atoms with Crippen LogP contribution in [0.3, 0.4) is 0 Å². The van der Waals surface area contributed by atoms with Crippen LogP contribution >= 0.6 is 0 Å². The fourth-order valence-corrected chi connectivity index (χ4v) is 7.27.